The Bertz CT molecular complexity index is 1140. The van der Waals surface area contributed by atoms with Gasteiger partial charge in [-0.3, -0.25) is 0 Å². The number of rotatable bonds is 5. The fraction of sp³-hybridized carbons (Fsp3) is 0.357. The van der Waals surface area contributed by atoms with Crippen LogP contribution in [0.25, 0.3) is 0 Å². The van der Waals surface area contributed by atoms with Gasteiger partial charge in [-0.1, -0.05) is 49.2 Å². The van der Waals surface area contributed by atoms with Crippen molar-refractivity contribution < 1.29 is 23.7 Å². The fourth-order valence-corrected chi connectivity index (χ4v) is 5.35. The molecule has 1 saturated carbocycles. The van der Waals surface area contributed by atoms with E-state index in [0.717, 1.165) is 41.2 Å². The molecule has 1 fully saturated rings. The van der Waals surface area contributed by atoms with Crippen LogP contribution in [0.15, 0.2) is 60.7 Å². The van der Waals surface area contributed by atoms with Crippen molar-refractivity contribution in [2.24, 2.45) is 0 Å². The van der Waals surface area contributed by atoms with Gasteiger partial charge in [-0.15, -0.1) is 0 Å². The molecule has 170 valence electrons. The van der Waals surface area contributed by atoms with Crippen molar-refractivity contribution in [1.82, 2.24) is 0 Å². The van der Waals surface area contributed by atoms with E-state index in [0.29, 0.717) is 18.3 Å². The number of fused-ring (bicyclic) bond motifs is 4. The Morgan fingerprint density at radius 1 is 0.848 bits per heavy atom. The minimum atomic E-state index is -0.175. The highest BCUT2D eigenvalue weighted by Gasteiger charge is 2.39. The van der Waals surface area contributed by atoms with Gasteiger partial charge in [-0.25, -0.2) is 0 Å². The van der Waals surface area contributed by atoms with Gasteiger partial charge in [0, 0.05) is 5.92 Å². The molecule has 6 rings (SSSR count). The minimum Gasteiger partial charge on any atom is -0.493 e. The average Bonchev–Trinajstić information content (AvgIpc) is 3.34. The maximum Gasteiger partial charge on any atom is 0.231 e. The highest BCUT2D eigenvalue weighted by atomic mass is 16.7. The van der Waals surface area contributed by atoms with Crippen molar-refractivity contribution >= 4 is 0 Å². The molecule has 0 bridgehead atoms. The first-order valence-electron chi connectivity index (χ1n) is 11.7. The smallest absolute Gasteiger partial charge is 0.231 e. The van der Waals surface area contributed by atoms with Crippen LogP contribution in [0.4, 0.5) is 0 Å². The zero-order valence-corrected chi connectivity index (χ0v) is 18.8. The highest BCUT2D eigenvalue weighted by Crippen LogP contribution is 2.51. The minimum absolute atomic E-state index is 0.175. The van der Waals surface area contributed by atoms with Crippen molar-refractivity contribution in [3.63, 3.8) is 0 Å². The van der Waals surface area contributed by atoms with E-state index < -0.39 is 0 Å². The van der Waals surface area contributed by atoms with E-state index in [1.165, 1.54) is 24.0 Å². The molecule has 3 atom stereocenters. The lowest BCUT2D eigenvalue weighted by atomic mass is 9.76. The van der Waals surface area contributed by atoms with Gasteiger partial charge >= 0.3 is 0 Å². The number of ether oxygens (including phenoxy) is 5. The third-order valence-electron chi connectivity index (χ3n) is 7.00. The SMILES string of the molecule is COc1cc([C@@H]2O[C@@H]3CCCC[C@@H]3c3cc4c(cc32)OCO4)ccc1OCc1ccccc1. The summed E-state index contributed by atoms with van der Waals surface area (Å²) in [7, 11) is 1.68. The van der Waals surface area contributed by atoms with E-state index in [2.05, 4.69) is 30.3 Å². The van der Waals surface area contributed by atoms with Crippen LogP contribution < -0.4 is 18.9 Å². The van der Waals surface area contributed by atoms with E-state index >= 15 is 0 Å². The zero-order chi connectivity index (χ0) is 22.2. The second-order valence-corrected chi connectivity index (χ2v) is 8.96. The maximum atomic E-state index is 6.74. The molecule has 0 amide bonds. The van der Waals surface area contributed by atoms with Gasteiger partial charge in [0.15, 0.2) is 23.0 Å². The van der Waals surface area contributed by atoms with Crippen LogP contribution in [0, 0.1) is 0 Å². The topological polar surface area (TPSA) is 46.2 Å². The van der Waals surface area contributed by atoms with Crippen LogP contribution in [0.1, 0.15) is 60.0 Å². The molecule has 0 aromatic heterocycles. The molecule has 3 aliphatic rings. The largest absolute Gasteiger partial charge is 0.493 e. The first kappa shape index (κ1) is 20.4. The quantitative estimate of drug-likeness (QED) is 0.472. The molecule has 0 saturated heterocycles. The third kappa shape index (κ3) is 3.80. The molecule has 33 heavy (non-hydrogen) atoms. The molecule has 3 aromatic carbocycles. The zero-order valence-electron chi connectivity index (χ0n) is 18.8. The number of hydrogen-bond donors (Lipinski definition) is 0. The summed E-state index contributed by atoms with van der Waals surface area (Å²) in [5, 5.41) is 0. The number of hydrogen-bond acceptors (Lipinski definition) is 5. The fourth-order valence-electron chi connectivity index (χ4n) is 5.35. The van der Waals surface area contributed by atoms with Gasteiger partial charge in [0.1, 0.15) is 12.7 Å². The maximum absolute atomic E-state index is 6.74. The normalized spacial score (nSPS) is 22.9. The molecule has 2 aliphatic heterocycles. The first-order chi connectivity index (χ1) is 16.3. The summed E-state index contributed by atoms with van der Waals surface area (Å²) in [6, 6.07) is 20.6. The summed E-state index contributed by atoms with van der Waals surface area (Å²) in [5.41, 5.74) is 4.68. The van der Waals surface area contributed by atoms with E-state index in [9.17, 15) is 0 Å². The van der Waals surface area contributed by atoms with E-state index in [4.69, 9.17) is 23.7 Å². The molecule has 0 radical (unpaired) electrons. The molecule has 5 nitrogen and oxygen atoms in total. The summed E-state index contributed by atoms with van der Waals surface area (Å²) < 4.78 is 29.9. The lowest BCUT2D eigenvalue weighted by Gasteiger charge is -2.41. The molecule has 1 aliphatic carbocycles. The summed E-state index contributed by atoms with van der Waals surface area (Å²) in [4.78, 5) is 0. The average molecular weight is 445 g/mol. The van der Waals surface area contributed by atoms with Gasteiger partial charge < -0.3 is 23.7 Å². The Labute approximate surface area is 194 Å². The van der Waals surface area contributed by atoms with Crippen LogP contribution in [0.5, 0.6) is 23.0 Å². The second kappa shape index (κ2) is 8.64. The van der Waals surface area contributed by atoms with Crippen LogP contribution in [-0.4, -0.2) is 20.0 Å². The van der Waals surface area contributed by atoms with Crippen molar-refractivity contribution in [1.29, 1.82) is 0 Å². The van der Waals surface area contributed by atoms with Crippen LogP contribution in [0.3, 0.4) is 0 Å². The summed E-state index contributed by atoms with van der Waals surface area (Å²) in [6.07, 6.45) is 4.74. The Balaban J connectivity index is 1.34. The Morgan fingerprint density at radius 2 is 1.64 bits per heavy atom. The Kier molecular flexibility index (Phi) is 5.35. The number of methoxy groups -OCH3 is 1. The van der Waals surface area contributed by atoms with Crippen LogP contribution >= 0.6 is 0 Å². The molecule has 2 heterocycles. The predicted octanol–water partition coefficient (Wildman–Crippen LogP) is 6.15. The van der Waals surface area contributed by atoms with Crippen molar-refractivity contribution in [3.8, 4) is 23.0 Å². The number of benzene rings is 3. The summed E-state index contributed by atoms with van der Waals surface area (Å²) >= 11 is 0. The standard InChI is InChI=1S/C28H28O5/c1-29-25-13-19(11-12-24(25)30-16-18-7-3-2-4-8-18)28-22-15-27-26(31-17-32-27)14-21(22)20-9-5-6-10-23(20)33-28/h2-4,7-8,11-15,20,23,28H,5-6,9-10,16-17H2,1H3/t20-,23-,28+/m1/s1. The molecule has 0 N–H and O–H groups in total. The summed E-state index contributed by atoms with van der Waals surface area (Å²) in [6.45, 7) is 0.770. The molecule has 5 heteroatoms. The van der Waals surface area contributed by atoms with Gasteiger partial charge in [-0.05, 0) is 59.4 Å². The van der Waals surface area contributed by atoms with Gasteiger partial charge in [-0.2, -0.15) is 0 Å². The summed E-state index contributed by atoms with van der Waals surface area (Å²) in [5.74, 6) is 3.49. The molecule has 0 unspecified atom stereocenters. The molecular formula is C28H28O5. The van der Waals surface area contributed by atoms with Crippen LogP contribution in [-0.2, 0) is 11.3 Å². The van der Waals surface area contributed by atoms with E-state index in [1.54, 1.807) is 7.11 Å². The molecule has 0 spiro atoms. The van der Waals surface area contributed by atoms with Gasteiger partial charge in [0.2, 0.25) is 6.79 Å². The highest BCUT2D eigenvalue weighted by molar-refractivity contribution is 5.54. The van der Waals surface area contributed by atoms with Crippen molar-refractivity contribution in [2.75, 3.05) is 13.9 Å². The van der Waals surface area contributed by atoms with E-state index in [-0.39, 0.29) is 19.0 Å². The van der Waals surface area contributed by atoms with Crippen molar-refractivity contribution in [2.45, 2.75) is 50.4 Å². The second-order valence-electron chi connectivity index (χ2n) is 8.96. The predicted molar refractivity (Wildman–Crippen MR) is 124 cm³/mol. The lowest BCUT2D eigenvalue weighted by Crippen LogP contribution is -2.33. The lowest BCUT2D eigenvalue weighted by molar-refractivity contribution is -0.0390. The molecule has 3 aromatic rings. The van der Waals surface area contributed by atoms with Gasteiger partial charge in [0.05, 0.1) is 13.2 Å². The van der Waals surface area contributed by atoms with E-state index in [1.807, 2.05) is 30.3 Å². The van der Waals surface area contributed by atoms with Crippen molar-refractivity contribution in [3.05, 3.63) is 82.9 Å². The Hall–Kier alpha value is -3.18. The monoisotopic (exact) mass is 444 g/mol. The van der Waals surface area contributed by atoms with Gasteiger partial charge in [0.25, 0.3) is 0 Å². The van der Waals surface area contributed by atoms with Crippen LogP contribution in [0.2, 0.25) is 0 Å². The molecular weight excluding hydrogens is 416 g/mol. The Morgan fingerprint density at radius 3 is 2.45 bits per heavy atom. The first-order valence-corrected chi connectivity index (χ1v) is 11.7. The third-order valence-corrected chi connectivity index (χ3v) is 7.00.